The fraction of sp³-hybridized carbons (Fsp3) is 0.167. The molecule has 2 N–H and O–H groups in total. The van der Waals surface area contributed by atoms with E-state index in [1.165, 1.54) is 12.1 Å². The van der Waals surface area contributed by atoms with E-state index in [1.54, 1.807) is 18.2 Å². The van der Waals surface area contributed by atoms with Crippen LogP contribution in [0.2, 0.25) is 0 Å². The van der Waals surface area contributed by atoms with Crippen LogP contribution in [0.25, 0.3) is 5.57 Å². The van der Waals surface area contributed by atoms with Crippen LogP contribution in [0.5, 0.6) is 0 Å². The van der Waals surface area contributed by atoms with E-state index >= 15 is 0 Å². The molecule has 0 fully saturated rings. The monoisotopic (exact) mass is 342 g/mol. The number of aryl methyl sites for hydroxylation is 1. The third-order valence-electron chi connectivity index (χ3n) is 3.94. The van der Waals surface area contributed by atoms with E-state index in [9.17, 15) is 13.2 Å². The molecule has 2 aromatic carbocycles. The highest BCUT2D eigenvalue weighted by molar-refractivity contribution is 7.92. The van der Waals surface area contributed by atoms with Crippen LogP contribution in [-0.4, -0.2) is 14.3 Å². The summed E-state index contributed by atoms with van der Waals surface area (Å²) in [5, 5.41) is 2.75. The number of fused-ring (bicyclic) bond motifs is 1. The van der Waals surface area contributed by atoms with Gasteiger partial charge in [0.15, 0.2) is 0 Å². The van der Waals surface area contributed by atoms with Gasteiger partial charge < -0.3 is 5.32 Å². The molecule has 0 saturated carbocycles. The van der Waals surface area contributed by atoms with E-state index < -0.39 is 10.0 Å². The topological polar surface area (TPSA) is 75.3 Å². The van der Waals surface area contributed by atoms with E-state index in [0.29, 0.717) is 22.5 Å². The van der Waals surface area contributed by atoms with Crippen LogP contribution >= 0.6 is 0 Å². The van der Waals surface area contributed by atoms with Gasteiger partial charge in [-0.05, 0) is 50.6 Å². The van der Waals surface area contributed by atoms with Gasteiger partial charge in [0.05, 0.1) is 10.6 Å². The SMILES string of the molecule is CC(C)=C1C(=O)Nc2ccc(S(=O)(=O)Nc3ccccc3C)cc21. The number of rotatable bonds is 3. The summed E-state index contributed by atoms with van der Waals surface area (Å²) in [4.78, 5) is 12.2. The molecule has 1 aliphatic rings. The van der Waals surface area contributed by atoms with E-state index in [4.69, 9.17) is 0 Å². The highest BCUT2D eigenvalue weighted by Gasteiger charge is 2.27. The molecule has 124 valence electrons. The quantitative estimate of drug-likeness (QED) is 0.838. The van der Waals surface area contributed by atoms with E-state index in [0.717, 1.165) is 11.1 Å². The standard InChI is InChI=1S/C18H18N2O3S/c1-11(2)17-14-10-13(8-9-16(14)19-18(17)21)24(22,23)20-15-7-5-4-6-12(15)3/h4-10,20H,1-3H3,(H,19,21). The molecule has 1 aliphatic heterocycles. The number of sulfonamides is 1. The van der Waals surface area contributed by atoms with Gasteiger partial charge in [-0.25, -0.2) is 8.42 Å². The van der Waals surface area contributed by atoms with Gasteiger partial charge in [0.1, 0.15) is 0 Å². The second-order valence-corrected chi connectivity index (χ2v) is 7.64. The Bertz CT molecular complexity index is 972. The second-order valence-electron chi connectivity index (χ2n) is 5.96. The van der Waals surface area contributed by atoms with Crippen LogP contribution in [-0.2, 0) is 14.8 Å². The van der Waals surface area contributed by atoms with Crippen molar-refractivity contribution in [2.45, 2.75) is 25.7 Å². The van der Waals surface area contributed by atoms with E-state index in [2.05, 4.69) is 10.0 Å². The predicted molar refractivity (Wildman–Crippen MR) is 95.3 cm³/mol. The number of nitrogens with one attached hydrogen (secondary N) is 2. The fourth-order valence-electron chi connectivity index (χ4n) is 2.70. The molecule has 2 aromatic rings. The van der Waals surface area contributed by atoms with Crippen LogP contribution < -0.4 is 10.0 Å². The number of carbonyl (C=O) groups excluding carboxylic acids is 1. The number of anilines is 2. The lowest BCUT2D eigenvalue weighted by molar-refractivity contribution is -0.110. The summed E-state index contributed by atoms with van der Waals surface area (Å²) in [6.07, 6.45) is 0. The Balaban J connectivity index is 2.04. The molecule has 1 heterocycles. The third kappa shape index (κ3) is 2.80. The Morgan fingerprint density at radius 1 is 1.08 bits per heavy atom. The first-order chi connectivity index (χ1) is 11.3. The third-order valence-corrected chi connectivity index (χ3v) is 5.30. The normalized spacial score (nSPS) is 13.5. The molecule has 1 amide bonds. The van der Waals surface area contributed by atoms with Gasteiger partial charge in [0.2, 0.25) is 0 Å². The first-order valence-corrected chi connectivity index (χ1v) is 8.99. The summed E-state index contributed by atoms with van der Waals surface area (Å²) < 4.78 is 28.0. The van der Waals surface area contributed by atoms with Crippen LogP contribution in [0.1, 0.15) is 25.0 Å². The number of benzene rings is 2. The summed E-state index contributed by atoms with van der Waals surface area (Å²) >= 11 is 0. The maximum atomic E-state index is 12.7. The molecule has 6 heteroatoms. The number of carbonyl (C=O) groups is 1. The lowest BCUT2D eigenvalue weighted by Crippen LogP contribution is -2.13. The zero-order valence-corrected chi connectivity index (χ0v) is 14.5. The molecule has 0 unspecified atom stereocenters. The number of hydrogen-bond donors (Lipinski definition) is 2. The lowest BCUT2D eigenvalue weighted by atomic mass is 10.0. The first-order valence-electron chi connectivity index (χ1n) is 7.51. The average Bonchev–Trinajstić information content (AvgIpc) is 2.84. The van der Waals surface area contributed by atoms with Crippen LogP contribution in [0.4, 0.5) is 11.4 Å². The zero-order chi connectivity index (χ0) is 17.5. The molecule has 0 radical (unpaired) electrons. The number of allylic oxidation sites excluding steroid dienone is 1. The van der Waals surface area contributed by atoms with Crippen molar-refractivity contribution in [2.75, 3.05) is 10.0 Å². The van der Waals surface area contributed by atoms with E-state index in [-0.39, 0.29) is 10.8 Å². The summed E-state index contributed by atoms with van der Waals surface area (Å²) in [6.45, 7) is 5.50. The Morgan fingerprint density at radius 2 is 1.79 bits per heavy atom. The van der Waals surface area contributed by atoms with Crippen molar-refractivity contribution in [2.24, 2.45) is 0 Å². The highest BCUT2D eigenvalue weighted by Crippen LogP contribution is 2.35. The van der Waals surface area contributed by atoms with Crippen molar-refractivity contribution in [3.63, 3.8) is 0 Å². The minimum Gasteiger partial charge on any atom is -0.321 e. The molecule has 5 nitrogen and oxygen atoms in total. The van der Waals surface area contributed by atoms with Crippen molar-refractivity contribution in [1.29, 1.82) is 0 Å². The molecule has 0 aliphatic carbocycles. The average molecular weight is 342 g/mol. The lowest BCUT2D eigenvalue weighted by Gasteiger charge is -2.11. The van der Waals surface area contributed by atoms with Gasteiger partial charge in [0.25, 0.3) is 15.9 Å². The summed E-state index contributed by atoms with van der Waals surface area (Å²) in [7, 11) is -3.74. The van der Waals surface area contributed by atoms with Crippen molar-refractivity contribution in [1.82, 2.24) is 0 Å². The Kier molecular flexibility index (Phi) is 3.93. The summed E-state index contributed by atoms with van der Waals surface area (Å²) in [5.74, 6) is -0.202. The largest absolute Gasteiger partial charge is 0.321 e. The van der Waals surface area contributed by atoms with E-state index in [1.807, 2.05) is 32.9 Å². The molecule has 0 aromatic heterocycles. The molecule has 3 rings (SSSR count). The molecule has 0 bridgehead atoms. The van der Waals surface area contributed by atoms with Crippen LogP contribution in [0.15, 0.2) is 52.9 Å². The minimum absolute atomic E-state index is 0.125. The molecular formula is C18H18N2O3S. The maximum Gasteiger partial charge on any atom is 0.261 e. The molecule has 0 saturated heterocycles. The zero-order valence-electron chi connectivity index (χ0n) is 13.7. The van der Waals surface area contributed by atoms with Crippen LogP contribution in [0, 0.1) is 6.92 Å². The van der Waals surface area contributed by atoms with Crippen molar-refractivity contribution in [3.05, 3.63) is 59.2 Å². The summed E-state index contributed by atoms with van der Waals surface area (Å²) in [6, 6.07) is 11.8. The minimum atomic E-state index is -3.74. The highest BCUT2D eigenvalue weighted by atomic mass is 32.2. The van der Waals surface area contributed by atoms with Crippen molar-refractivity contribution < 1.29 is 13.2 Å². The Morgan fingerprint density at radius 3 is 2.46 bits per heavy atom. The molecule has 0 atom stereocenters. The number of hydrogen-bond acceptors (Lipinski definition) is 3. The molecule has 24 heavy (non-hydrogen) atoms. The number of para-hydroxylation sites is 1. The maximum absolute atomic E-state index is 12.7. The van der Waals surface area contributed by atoms with Crippen LogP contribution in [0.3, 0.4) is 0 Å². The van der Waals surface area contributed by atoms with Gasteiger partial charge in [-0.1, -0.05) is 23.8 Å². The second kappa shape index (κ2) is 5.79. The first kappa shape index (κ1) is 16.3. The smallest absolute Gasteiger partial charge is 0.261 e. The molecule has 0 spiro atoms. The van der Waals surface area contributed by atoms with Gasteiger partial charge in [-0.15, -0.1) is 0 Å². The predicted octanol–water partition coefficient (Wildman–Crippen LogP) is 3.54. The van der Waals surface area contributed by atoms with Gasteiger partial charge in [0, 0.05) is 16.8 Å². The van der Waals surface area contributed by atoms with Gasteiger partial charge in [-0.2, -0.15) is 0 Å². The Hall–Kier alpha value is -2.60. The Labute approximate surface area is 141 Å². The van der Waals surface area contributed by atoms with Gasteiger partial charge in [-0.3, -0.25) is 9.52 Å². The summed E-state index contributed by atoms with van der Waals surface area (Å²) in [5.41, 5.74) is 3.99. The van der Waals surface area contributed by atoms with Gasteiger partial charge >= 0.3 is 0 Å². The van der Waals surface area contributed by atoms with Crippen molar-refractivity contribution >= 4 is 32.9 Å². The van der Waals surface area contributed by atoms with Crippen molar-refractivity contribution in [3.8, 4) is 0 Å². The fourth-order valence-corrected chi connectivity index (χ4v) is 3.86. The number of amides is 1. The molecular weight excluding hydrogens is 324 g/mol.